The summed E-state index contributed by atoms with van der Waals surface area (Å²) in [6, 6.07) is 25.2. The van der Waals surface area contributed by atoms with E-state index in [0.717, 1.165) is 11.6 Å². The molecule has 3 heterocycles. The summed E-state index contributed by atoms with van der Waals surface area (Å²) in [5.41, 5.74) is 15.6. The number of ether oxygens (including phenoxy) is 7. The summed E-state index contributed by atoms with van der Waals surface area (Å²) in [7, 11) is -13.4. The molecule has 1 aromatic heterocycles. The molecule has 0 saturated carbocycles. The second-order valence-corrected chi connectivity index (χ2v) is 27.5. The molecule has 8 rings (SSSR count). The van der Waals surface area contributed by atoms with Crippen molar-refractivity contribution in [3.63, 3.8) is 0 Å². The van der Waals surface area contributed by atoms with Crippen LogP contribution in [0, 0.1) is 6.92 Å². The highest BCUT2D eigenvalue weighted by molar-refractivity contribution is 7.93. The van der Waals surface area contributed by atoms with Crippen molar-refractivity contribution in [1.82, 2.24) is 19.4 Å². The number of benzene rings is 5. The Kier molecular flexibility index (Phi) is 26.6. The molecule has 1 unspecified atom stereocenters. The van der Waals surface area contributed by atoms with Crippen molar-refractivity contribution < 1.29 is 91.5 Å². The van der Waals surface area contributed by atoms with Crippen LogP contribution in [0.4, 0.5) is 5.69 Å². The number of fused-ring (bicyclic) bond motifs is 2. The first-order valence-corrected chi connectivity index (χ1v) is 35.2. The fraction of sp³-hybridized carbons (Fsp3) is 0.460. The molecule has 3 N–H and O–H groups in total. The zero-order valence-electron chi connectivity index (χ0n) is 52.1. The molecular formula is C63H77N9O19S3. The molecule has 2 aliphatic rings. The van der Waals surface area contributed by atoms with E-state index in [-0.39, 0.29) is 129 Å². The van der Waals surface area contributed by atoms with Crippen molar-refractivity contribution in [3.05, 3.63) is 130 Å². The number of carbonyl (C=O) groups is 5. The zero-order chi connectivity index (χ0) is 67.3. The van der Waals surface area contributed by atoms with E-state index in [9.17, 15) is 49.0 Å². The number of para-hydroxylation sites is 2. The molecule has 5 aromatic carbocycles. The van der Waals surface area contributed by atoms with E-state index in [4.69, 9.17) is 44.4 Å². The van der Waals surface area contributed by atoms with Crippen LogP contribution in [0.5, 0.6) is 0 Å². The molecule has 4 amide bonds. The van der Waals surface area contributed by atoms with Gasteiger partial charge in [-0.25, -0.2) is 25.3 Å². The van der Waals surface area contributed by atoms with Crippen LogP contribution in [0.15, 0.2) is 112 Å². The fourth-order valence-corrected chi connectivity index (χ4v) is 14.9. The van der Waals surface area contributed by atoms with E-state index in [0.29, 0.717) is 106 Å². The van der Waals surface area contributed by atoms with Gasteiger partial charge in [0.25, 0.3) is 11.8 Å². The van der Waals surface area contributed by atoms with E-state index in [1.165, 1.54) is 39.5 Å². The van der Waals surface area contributed by atoms with E-state index < -0.39 is 75.9 Å². The molecule has 1 fully saturated rings. The van der Waals surface area contributed by atoms with Gasteiger partial charge >= 0.3 is 0 Å². The Hall–Kier alpha value is -7.62. The van der Waals surface area contributed by atoms with Crippen molar-refractivity contribution in [1.29, 1.82) is 0 Å². The number of anilines is 1. The number of nitrogens with two attached hydrogens (primary N) is 1. The van der Waals surface area contributed by atoms with E-state index in [2.05, 4.69) is 15.3 Å². The number of hydrogen-bond donors (Lipinski definition) is 2. The van der Waals surface area contributed by atoms with Crippen LogP contribution in [-0.4, -0.2) is 223 Å². The average molecular weight is 1360 g/mol. The minimum Gasteiger partial charge on any atom is -0.744 e. The van der Waals surface area contributed by atoms with Gasteiger partial charge < -0.3 is 53.7 Å². The molecule has 31 heteroatoms. The van der Waals surface area contributed by atoms with Crippen LogP contribution in [0.2, 0.25) is 0 Å². The van der Waals surface area contributed by atoms with Gasteiger partial charge in [0, 0.05) is 91.1 Å². The SMILES string of the molecule is Cc1ccc(S(=O)(=O)C(CCCC(=O)NCCOCCOCCOCCOCCOCCOCCOCCN=[N+]=[N-])C(=O)c2c3ccccc3[n+](CCCS(=O)(=O)N3CCN(C(=O)CN4C(=O)c5cccc6c(N)c(S(=O)(=O)[O-])cc(c56)C4=O)CC3)c3ccccc23)cc1. The third kappa shape index (κ3) is 18.9. The highest BCUT2D eigenvalue weighted by Crippen LogP contribution is 2.38. The number of nitrogens with one attached hydrogen (secondary N) is 1. The van der Waals surface area contributed by atoms with Crippen molar-refractivity contribution in [3.8, 4) is 0 Å². The van der Waals surface area contributed by atoms with Crippen molar-refractivity contribution >= 4 is 97.7 Å². The molecule has 94 heavy (non-hydrogen) atoms. The molecule has 2 aliphatic heterocycles. The average Bonchev–Trinajstić information content (AvgIpc) is 0.745. The number of amides is 4. The number of nitrogens with zero attached hydrogens (tertiary/aromatic N) is 7. The topological polar surface area (TPSA) is 376 Å². The van der Waals surface area contributed by atoms with Gasteiger partial charge in [0.05, 0.1) is 130 Å². The van der Waals surface area contributed by atoms with Crippen molar-refractivity contribution in [2.75, 3.05) is 150 Å². The van der Waals surface area contributed by atoms with Gasteiger partial charge in [-0.3, -0.25) is 28.9 Å². The lowest BCUT2D eigenvalue weighted by molar-refractivity contribution is -0.645. The number of piperazine rings is 1. The standard InChI is InChI=1S/C63H77N9O19S3/c1-45-17-19-46(20-18-45)93(80,81)54(15-7-16-56(73)66-21-28-85-30-32-87-34-36-89-38-40-91-41-39-90-37-35-88-33-31-86-29-22-67-68-65)61(75)59-47-9-2-4-13-52(47)71(53-14-5-3-10-48(53)59)23-8-42-92(78,79)70-26-24-69(25-27-70)57(74)44-72-62(76)50-12-6-11-49-58(50)51(63(72)77)43-55(60(49)64)94(82,83)84/h2-6,9-14,17-20,43,54H,7-8,15-16,21-42,44H2,1H3,(H3-,64,66,73,76,77,82,83,84). The summed E-state index contributed by atoms with van der Waals surface area (Å²) in [5, 5.41) is 5.53. The number of aryl methyl sites for hydroxylation is 2. The third-order valence-corrected chi connectivity index (χ3v) is 20.7. The molecular weight excluding hydrogens is 1280 g/mol. The van der Waals surface area contributed by atoms with E-state index in [1.807, 2.05) is 11.5 Å². The number of aromatic nitrogens is 1. The first-order chi connectivity index (χ1) is 45.2. The molecule has 6 aromatic rings. The molecule has 0 aliphatic carbocycles. The number of carbonyl (C=O) groups excluding carboxylic acids is 5. The van der Waals surface area contributed by atoms with Crippen LogP contribution in [0.1, 0.15) is 62.3 Å². The normalized spacial score (nSPS) is 14.2. The molecule has 0 radical (unpaired) electrons. The van der Waals surface area contributed by atoms with Crippen molar-refractivity contribution in [2.45, 2.75) is 54.2 Å². The number of ketones is 1. The highest BCUT2D eigenvalue weighted by Gasteiger charge is 2.40. The zero-order valence-corrected chi connectivity index (χ0v) is 54.5. The quantitative estimate of drug-likeness (QED) is 0.00522. The lowest BCUT2D eigenvalue weighted by atomic mass is 9.93. The number of pyridine rings is 1. The molecule has 1 atom stereocenters. The van der Waals surface area contributed by atoms with Crippen LogP contribution in [0.3, 0.4) is 0 Å². The molecule has 0 spiro atoms. The number of azide groups is 1. The van der Waals surface area contributed by atoms with E-state index >= 15 is 4.79 Å². The summed E-state index contributed by atoms with van der Waals surface area (Å²) >= 11 is 0. The third-order valence-electron chi connectivity index (χ3n) is 15.7. The number of nitrogen functional groups attached to an aromatic ring is 1. The van der Waals surface area contributed by atoms with Gasteiger partial charge in [0.1, 0.15) is 21.9 Å². The number of hydrogen-bond acceptors (Lipinski definition) is 21. The van der Waals surface area contributed by atoms with Crippen LogP contribution in [0.25, 0.3) is 43.0 Å². The smallest absolute Gasteiger partial charge is 0.261 e. The minimum absolute atomic E-state index is 0.0180. The first-order valence-electron chi connectivity index (χ1n) is 30.7. The van der Waals surface area contributed by atoms with Gasteiger partial charge in [0.2, 0.25) is 32.9 Å². The number of imide groups is 1. The number of rotatable bonds is 40. The summed E-state index contributed by atoms with van der Waals surface area (Å²) in [6.45, 7) is 6.45. The Balaban J connectivity index is 0.794. The fourth-order valence-electron chi connectivity index (χ4n) is 11.0. The van der Waals surface area contributed by atoms with Gasteiger partial charge in [0.15, 0.2) is 22.2 Å². The molecule has 1 saturated heterocycles. The molecule has 506 valence electrons. The predicted molar refractivity (Wildman–Crippen MR) is 343 cm³/mol. The maximum absolute atomic E-state index is 15.3. The Bertz CT molecular complexity index is 4020. The Morgan fingerprint density at radius 3 is 1.74 bits per heavy atom. The summed E-state index contributed by atoms with van der Waals surface area (Å²) in [5.74, 6) is -3.84. The second-order valence-electron chi connectivity index (χ2n) is 21.9. The number of sulfone groups is 1. The number of Topliss-reactive ketones (excluding diaryl/α,β-unsaturated/α-hetero) is 1. The summed E-state index contributed by atoms with van der Waals surface area (Å²) in [6.07, 6.45) is -0.0983. The minimum atomic E-state index is -5.14. The van der Waals surface area contributed by atoms with Gasteiger partial charge in [-0.15, -0.1) is 0 Å². The van der Waals surface area contributed by atoms with Gasteiger partial charge in [-0.1, -0.05) is 59.2 Å². The predicted octanol–water partition coefficient (Wildman–Crippen LogP) is 4.13. The van der Waals surface area contributed by atoms with Crippen LogP contribution < -0.4 is 15.6 Å². The monoisotopic (exact) mass is 1360 g/mol. The summed E-state index contributed by atoms with van der Waals surface area (Å²) < 4.78 is 135. The van der Waals surface area contributed by atoms with Gasteiger partial charge in [-0.2, -0.15) is 8.87 Å². The van der Waals surface area contributed by atoms with Crippen LogP contribution >= 0.6 is 0 Å². The first kappa shape index (κ1) is 72.2. The lowest BCUT2D eigenvalue weighted by Crippen LogP contribution is -2.54. The lowest BCUT2D eigenvalue weighted by Gasteiger charge is -2.35. The largest absolute Gasteiger partial charge is 0.744 e. The summed E-state index contributed by atoms with van der Waals surface area (Å²) in [4.78, 5) is 73.2. The maximum Gasteiger partial charge on any atom is 0.261 e. The highest BCUT2D eigenvalue weighted by atomic mass is 32.2. The second kappa shape index (κ2) is 34.7. The van der Waals surface area contributed by atoms with E-state index in [1.54, 1.807) is 60.7 Å². The Labute approximate surface area is 544 Å². The Morgan fingerprint density at radius 1 is 0.670 bits per heavy atom. The molecule has 0 bridgehead atoms. The number of sulfonamides is 1. The Morgan fingerprint density at radius 2 is 1.19 bits per heavy atom. The molecule has 28 nitrogen and oxygen atoms in total. The van der Waals surface area contributed by atoms with Crippen molar-refractivity contribution in [2.24, 2.45) is 5.11 Å². The van der Waals surface area contributed by atoms with Crippen LogP contribution in [-0.2, 0) is 79.3 Å². The maximum atomic E-state index is 15.3. The van der Waals surface area contributed by atoms with Gasteiger partial charge in [-0.05, 0) is 61.7 Å².